The van der Waals surface area contributed by atoms with Crippen LogP contribution in [-0.4, -0.2) is 47.8 Å². The van der Waals surface area contributed by atoms with E-state index in [2.05, 4.69) is 22.9 Å². The second-order valence-electron chi connectivity index (χ2n) is 7.48. The highest BCUT2D eigenvalue weighted by atomic mass is 16.2. The summed E-state index contributed by atoms with van der Waals surface area (Å²) in [5.74, 6) is -0.0894. The van der Waals surface area contributed by atoms with Gasteiger partial charge in [0.25, 0.3) is 5.91 Å². The van der Waals surface area contributed by atoms with E-state index in [1.165, 1.54) is 0 Å². The van der Waals surface area contributed by atoms with Crippen LogP contribution in [0.25, 0.3) is 0 Å². The molecule has 0 spiro atoms. The highest BCUT2D eigenvalue weighted by Crippen LogP contribution is 2.28. The molecular formula is C19H24N4O3. The number of amides is 3. The van der Waals surface area contributed by atoms with Crippen molar-refractivity contribution in [2.45, 2.75) is 44.9 Å². The number of nitrogens with one attached hydrogen (secondary N) is 3. The molecule has 0 saturated carbocycles. The molecule has 0 radical (unpaired) electrons. The van der Waals surface area contributed by atoms with Crippen LogP contribution in [0.1, 0.15) is 41.3 Å². The van der Waals surface area contributed by atoms with Crippen LogP contribution in [0, 0.1) is 5.92 Å². The minimum atomic E-state index is -0.555. The number of rotatable bonds is 5. The number of nitrogens with zero attached hydrogens (tertiary/aromatic N) is 1. The van der Waals surface area contributed by atoms with Gasteiger partial charge < -0.3 is 15.5 Å². The minimum Gasteiger partial charge on any atom is -0.322 e. The van der Waals surface area contributed by atoms with E-state index in [4.69, 9.17) is 0 Å². The van der Waals surface area contributed by atoms with Gasteiger partial charge in [-0.3, -0.25) is 19.7 Å². The summed E-state index contributed by atoms with van der Waals surface area (Å²) < 4.78 is 0. The van der Waals surface area contributed by atoms with Gasteiger partial charge in [-0.2, -0.15) is 0 Å². The van der Waals surface area contributed by atoms with Gasteiger partial charge in [-0.15, -0.1) is 0 Å². The lowest BCUT2D eigenvalue weighted by Crippen LogP contribution is -2.52. The smallest absolute Gasteiger partial charge is 0.255 e. The van der Waals surface area contributed by atoms with Crippen LogP contribution in [0.5, 0.6) is 0 Å². The third-order valence-corrected chi connectivity index (χ3v) is 5.74. The van der Waals surface area contributed by atoms with Crippen molar-refractivity contribution in [3.05, 3.63) is 34.9 Å². The quantitative estimate of drug-likeness (QED) is 0.653. The van der Waals surface area contributed by atoms with Crippen LogP contribution in [0.15, 0.2) is 18.2 Å². The molecule has 3 aliphatic rings. The van der Waals surface area contributed by atoms with Gasteiger partial charge >= 0.3 is 0 Å². The molecule has 1 aromatic rings. The fraction of sp³-hybridized carbons (Fsp3) is 0.526. The molecule has 2 atom stereocenters. The molecule has 2 saturated heterocycles. The third-order valence-electron chi connectivity index (χ3n) is 5.74. The van der Waals surface area contributed by atoms with Gasteiger partial charge in [-0.1, -0.05) is 12.1 Å². The SMILES string of the molecule is C[C@@H](NCc1ccc2c(c1)C(=O)N(C1CCC(=O)NC1=O)C2)C1CNC1. The summed E-state index contributed by atoms with van der Waals surface area (Å²) in [6.07, 6.45) is 0.672. The molecule has 138 valence electrons. The second-order valence-corrected chi connectivity index (χ2v) is 7.48. The van der Waals surface area contributed by atoms with E-state index in [0.29, 0.717) is 30.5 Å². The van der Waals surface area contributed by atoms with E-state index in [1.807, 2.05) is 18.2 Å². The maximum atomic E-state index is 12.8. The zero-order chi connectivity index (χ0) is 18.3. The molecule has 2 fully saturated rings. The lowest BCUT2D eigenvalue weighted by Gasteiger charge is -2.33. The lowest BCUT2D eigenvalue weighted by molar-refractivity contribution is -0.136. The summed E-state index contributed by atoms with van der Waals surface area (Å²) in [6, 6.07) is 5.83. The van der Waals surface area contributed by atoms with Crippen molar-refractivity contribution in [1.82, 2.24) is 20.9 Å². The Hall–Kier alpha value is -2.25. The van der Waals surface area contributed by atoms with Crippen molar-refractivity contribution >= 4 is 17.7 Å². The number of piperidine rings is 1. The molecule has 0 bridgehead atoms. The fourth-order valence-electron chi connectivity index (χ4n) is 3.82. The lowest BCUT2D eigenvalue weighted by atomic mass is 9.95. The van der Waals surface area contributed by atoms with Crippen LogP contribution in [0.4, 0.5) is 0 Å². The van der Waals surface area contributed by atoms with Gasteiger partial charge in [0.05, 0.1) is 0 Å². The van der Waals surface area contributed by atoms with Crippen molar-refractivity contribution in [2.75, 3.05) is 13.1 Å². The van der Waals surface area contributed by atoms with Crippen LogP contribution in [-0.2, 0) is 22.7 Å². The van der Waals surface area contributed by atoms with Crippen molar-refractivity contribution < 1.29 is 14.4 Å². The Labute approximate surface area is 152 Å². The number of fused-ring (bicyclic) bond motifs is 1. The van der Waals surface area contributed by atoms with Gasteiger partial charge in [0.15, 0.2) is 0 Å². The molecule has 0 aromatic heterocycles. The van der Waals surface area contributed by atoms with Crippen LogP contribution < -0.4 is 16.0 Å². The number of hydrogen-bond donors (Lipinski definition) is 3. The average Bonchev–Trinajstić information content (AvgIpc) is 2.88. The summed E-state index contributed by atoms with van der Waals surface area (Å²) >= 11 is 0. The van der Waals surface area contributed by atoms with Crippen molar-refractivity contribution in [3.63, 3.8) is 0 Å². The highest BCUT2D eigenvalue weighted by Gasteiger charge is 2.39. The van der Waals surface area contributed by atoms with Gasteiger partial charge in [-0.25, -0.2) is 0 Å². The molecule has 3 heterocycles. The maximum Gasteiger partial charge on any atom is 0.255 e. The predicted molar refractivity (Wildman–Crippen MR) is 95.1 cm³/mol. The van der Waals surface area contributed by atoms with Gasteiger partial charge in [0, 0.05) is 44.2 Å². The standard InChI is InChI=1S/C19H24N4O3/c1-11(14-8-20-9-14)21-7-12-2-3-13-10-23(19(26)15(13)6-12)16-4-5-17(24)22-18(16)25/h2-3,6,11,14,16,20-21H,4-5,7-10H2,1H3,(H,22,24,25)/t11-,16?/m1/s1. The number of carbonyl (C=O) groups is 3. The molecule has 3 N–H and O–H groups in total. The summed E-state index contributed by atoms with van der Waals surface area (Å²) in [5, 5.41) is 9.14. The fourth-order valence-corrected chi connectivity index (χ4v) is 3.82. The van der Waals surface area contributed by atoms with E-state index in [0.717, 1.165) is 30.8 Å². The van der Waals surface area contributed by atoms with Crippen LogP contribution >= 0.6 is 0 Å². The number of hydrogen-bond acceptors (Lipinski definition) is 5. The Bertz CT molecular complexity index is 759. The molecule has 1 aromatic carbocycles. The minimum absolute atomic E-state index is 0.118. The summed E-state index contributed by atoms with van der Waals surface area (Å²) in [6.45, 7) is 5.44. The zero-order valence-electron chi connectivity index (χ0n) is 14.9. The van der Waals surface area contributed by atoms with Crippen molar-refractivity contribution in [2.24, 2.45) is 5.92 Å². The number of imide groups is 1. The van der Waals surface area contributed by atoms with Crippen molar-refractivity contribution in [1.29, 1.82) is 0 Å². The molecule has 4 rings (SSSR count). The van der Waals surface area contributed by atoms with E-state index >= 15 is 0 Å². The van der Waals surface area contributed by atoms with Gasteiger partial charge in [0.1, 0.15) is 6.04 Å². The summed E-state index contributed by atoms with van der Waals surface area (Å²) in [7, 11) is 0. The van der Waals surface area contributed by atoms with E-state index in [9.17, 15) is 14.4 Å². The van der Waals surface area contributed by atoms with E-state index < -0.39 is 6.04 Å². The molecule has 3 amide bonds. The zero-order valence-corrected chi connectivity index (χ0v) is 14.9. The largest absolute Gasteiger partial charge is 0.322 e. The Morgan fingerprint density at radius 1 is 1.27 bits per heavy atom. The first-order valence-electron chi connectivity index (χ1n) is 9.23. The summed E-state index contributed by atoms with van der Waals surface area (Å²) in [5.41, 5.74) is 2.69. The Morgan fingerprint density at radius 3 is 2.77 bits per heavy atom. The highest BCUT2D eigenvalue weighted by molar-refractivity contribution is 6.05. The topological polar surface area (TPSA) is 90.5 Å². The van der Waals surface area contributed by atoms with E-state index in [1.54, 1.807) is 4.90 Å². The molecule has 1 unspecified atom stereocenters. The molecule has 7 nitrogen and oxygen atoms in total. The summed E-state index contributed by atoms with van der Waals surface area (Å²) in [4.78, 5) is 37.8. The van der Waals surface area contributed by atoms with Crippen LogP contribution in [0.3, 0.4) is 0 Å². The first-order chi connectivity index (χ1) is 12.5. The molecule has 7 heteroatoms. The van der Waals surface area contributed by atoms with Gasteiger partial charge in [-0.05, 0) is 36.5 Å². The maximum absolute atomic E-state index is 12.8. The monoisotopic (exact) mass is 356 g/mol. The third kappa shape index (κ3) is 3.12. The second kappa shape index (κ2) is 6.81. The number of carbonyl (C=O) groups excluding carboxylic acids is 3. The van der Waals surface area contributed by atoms with E-state index in [-0.39, 0.29) is 24.1 Å². The number of benzene rings is 1. The normalized spacial score (nSPS) is 24.3. The molecule has 26 heavy (non-hydrogen) atoms. The first-order valence-corrected chi connectivity index (χ1v) is 9.23. The Kier molecular flexibility index (Phi) is 4.50. The molecular weight excluding hydrogens is 332 g/mol. The molecule has 3 aliphatic heterocycles. The predicted octanol–water partition coefficient (Wildman–Crippen LogP) is 0.145. The first kappa shape index (κ1) is 17.2. The Balaban J connectivity index is 1.43. The Morgan fingerprint density at radius 2 is 2.08 bits per heavy atom. The van der Waals surface area contributed by atoms with Crippen LogP contribution in [0.2, 0.25) is 0 Å². The average molecular weight is 356 g/mol. The van der Waals surface area contributed by atoms with Gasteiger partial charge in [0.2, 0.25) is 11.8 Å². The van der Waals surface area contributed by atoms with Crippen molar-refractivity contribution in [3.8, 4) is 0 Å². The molecule has 0 aliphatic carbocycles.